The van der Waals surface area contributed by atoms with E-state index in [2.05, 4.69) is 17.6 Å². The molecule has 2 atom stereocenters. The van der Waals surface area contributed by atoms with Crippen molar-refractivity contribution in [3.63, 3.8) is 0 Å². The molecule has 0 bridgehead atoms. The lowest BCUT2D eigenvalue weighted by molar-refractivity contribution is -0.117. The molecule has 1 aromatic heterocycles. The predicted octanol–water partition coefficient (Wildman–Crippen LogP) is 3.42. The van der Waals surface area contributed by atoms with Crippen LogP contribution in [0.1, 0.15) is 31.7 Å². The molecular weight excluding hydrogens is 381 g/mol. The minimum Gasteiger partial charge on any atom is -0.321 e. The summed E-state index contributed by atoms with van der Waals surface area (Å²) in [4.78, 5) is 25.0. The van der Waals surface area contributed by atoms with Crippen molar-refractivity contribution >= 4 is 24.0 Å². The van der Waals surface area contributed by atoms with Crippen LogP contribution in [0.25, 0.3) is 0 Å². The van der Waals surface area contributed by atoms with E-state index in [9.17, 15) is 14.0 Å². The molecule has 7 heteroatoms. The fourth-order valence-electron chi connectivity index (χ4n) is 3.57. The van der Waals surface area contributed by atoms with Gasteiger partial charge in [0, 0.05) is 12.6 Å². The molecule has 152 valence electrons. The zero-order valence-corrected chi connectivity index (χ0v) is 16.8. The van der Waals surface area contributed by atoms with Crippen molar-refractivity contribution in [1.82, 2.24) is 9.88 Å². The van der Waals surface area contributed by atoms with Gasteiger partial charge in [0.2, 0.25) is 5.91 Å². The average molecular weight is 408 g/mol. The van der Waals surface area contributed by atoms with Gasteiger partial charge >= 0.3 is 0 Å². The van der Waals surface area contributed by atoms with Gasteiger partial charge in [-0.25, -0.2) is 4.39 Å². The number of piperidine rings is 1. The smallest absolute Gasteiger partial charge is 0.274 e. The van der Waals surface area contributed by atoms with Crippen molar-refractivity contribution < 1.29 is 9.18 Å². The summed E-state index contributed by atoms with van der Waals surface area (Å²) in [5, 5.41) is 6.14. The number of rotatable bonds is 6. The van der Waals surface area contributed by atoms with Crippen LogP contribution in [0, 0.1) is 17.7 Å². The quantitative estimate of drug-likeness (QED) is 0.771. The lowest BCUT2D eigenvalue weighted by Crippen LogP contribution is -2.35. The second kappa shape index (κ2) is 10.4. The molecule has 0 radical (unpaired) electrons. The molecule has 2 unspecified atom stereocenters. The number of nitrogens with one attached hydrogen (secondary N) is 2. The summed E-state index contributed by atoms with van der Waals surface area (Å²) in [6.45, 7) is 4.42. The highest BCUT2D eigenvalue weighted by atomic mass is 35.5. The van der Waals surface area contributed by atoms with Crippen LogP contribution >= 0.6 is 12.4 Å². The molecule has 0 spiro atoms. The number of amides is 1. The Morgan fingerprint density at radius 1 is 1.32 bits per heavy atom. The zero-order chi connectivity index (χ0) is 19.2. The first kappa shape index (κ1) is 22.1. The van der Waals surface area contributed by atoms with Crippen LogP contribution in [-0.2, 0) is 11.3 Å². The number of aromatic nitrogens is 1. The maximum Gasteiger partial charge on any atom is 0.274 e. The lowest BCUT2D eigenvalue weighted by Gasteiger charge is -2.28. The van der Waals surface area contributed by atoms with Crippen LogP contribution in [0.5, 0.6) is 0 Å². The molecule has 1 fully saturated rings. The van der Waals surface area contributed by atoms with Crippen molar-refractivity contribution in [2.45, 2.75) is 32.7 Å². The second-order valence-electron chi connectivity index (χ2n) is 7.32. The monoisotopic (exact) mass is 407 g/mol. The third-order valence-electron chi connectivity index (χ3n) is 5.21. The highest BCUT2D eigenvalue weighted by Crippen LogP contribution is 2.22. The SMILES string of the molecule is CC(CC(=O)Nc1cccn(Cc2ccc(F)cc2)c1=O)C1CCCNC1.Cl. The average Bonchev–Trinajstić information content (AvgIpc) is 2.67. The minimum absolute atomic E-state index is 0. The van der Waals surface area contributed by atoms with Gasteiger partial charge in [0.25, 0.3) is 5.56 Å². The zero-order valence-electron chi connectivity index (χ0n) is 16.0. The number of hydrogen-bond donors (Lipinski definition) is 2. The molecule has 1 saturated heterocycles. The van der Waals surface area contributed by atoms with Gasteiger partial charge in [0.1, 0.15) is 11.5 Å². The van der Waals surface area contributed by atoms with Crippen LogP contribution < -0.4 is 16.2 Å². The number of carbonyl (C=O) groups is 1. The summed E-state index contributed by atoms with van der Waals surface area (Å²) in [6, 6.07) is 9.38. The molecule has 1 amide bonds. The topological polar surface area (TPSA) is 63.1 Å². The highest BCUT2D eigenvalue weighted by molar-refractivity contribution is 5.90. The number of halogens is 2. The van der Waals surface area contributed by atoms with E-state index in [1.165, 1.54) is 16.7 Å². The minimum atomic E-state index is -0.311. The van der Waals surface area contributed by atoms with E-state index in [1.54, 1.807) is 30.5 Å². The molecule has 2 aromatic rings. The molecule has 0 saturated carbocycles. The fourth-order valence-corrected chi connectivity index (χ4v) is 3.57. The van der Waals surface area contributed by atoms with Gasteiger partial charge in [-0.15, -0.1) is 12.4 Å². The lowest BCUT2D eigenvalue weighted by atomic mass is 9.85. The van der Waals surface area contributed by atoms with Crippen LogP contribution in [0.15, 0.2) is 47.4 Å². The summed E-state index contributed by atoms with van der Waals surface area (Å²) >= 11 is 0. The highest BCUT2D eigenvalue weighted by Gasteiger charge is 2.22. The normalized spacial score (nSPS) is 17.4. The fraction of sp³-hybridized carbons (Fsp3) is 0.429. The van der Waals surface area contributed by atoms with Crippen molar-refractivity contribution in [1.29, 1.82) is 0 Å². The summed E-state index contributed by atoms with van der Waals surface area (Å²) in [5.41, 5.74) is 0.834. The maximum atomic E-state index is 13.0. The van der Waals surface area contributed by atoms with E-state index in [0.717, 1.165) is 31.5 Å². The first-order chi connectivity index (χ1) is 13.0. The molecule has 2 heterocycles. The molecule has 5 nitrogen and oxygen atoms in total. The molecule has 1 aliphatic rings. The van der Waals surface area contributed by atoms with Gasteiger partial charge in [0.05, 0.1) is 6.54 Å². The third kappa shape index (κ3) is 5.91. The van der Waals surface area contributed by atoms with E-state index in [-0.39, 0.29) is 41.3 Å². The number of nitrogens with zero attached hydrogens (tertiary/aromatic N) is 1. The number of pyridine rings is 1. The van der Waals surface area contributed by atoms with Crippen LogP contribution in [-0.4, -0.2) is 23.6 Å². The van der Waals surface area contributed by atoms with E-state index in [1.807, 2.05) is 0 Å². The van der Waals surface area contributed by atoms with Crippen LogP contribution in [0.3, 0.4) is 0 Å². The first-order valence-electron chi connectivity index (χ1n) is 9.47. The molecule has 3 rings (SSSR count). The van der Waals surface area contributed by atoms with E-state index >= 15 is 0 Å². The van der Waals surface area contributed by atoms with E-state index in [0.29, 0.717) is 18.9 Å². The Hall–Kier alpha value is -2.18. The van der Waals surface area contributed by atoms with Crippen LogP contribution in [0.2, 0.25) is 0 Å². The number of benzene rings is 1. The van der Waals surface area contributed by atoms with Gasteiger partial charge in [0.15, 0.2) is 0 Å². The summed E-state index contributed by atoms with van der Waals surface area (Å²) in [6.07, 6.45) is 4.34. The Kier molecular flexibility index (Phi) is 8.20. The Labute approximate surface area is 170 Å². The Bertz CT molecular complexity index is 832. The molecule has 28 heavy (non-hydrogen) atoms. The van der Waals surface area contributed by atoms with Crippen molar-refractivity contribution in [2.24, 2.45) is 11.8 Å². The maximum absolute atomic E-state index is 13.0. The summed E-state index contributed by atoms with van der Waals surface area (Å²) < 4.78 is 14.5. The molecule has 2 N–H and O–H groups in total. The molecule has 1 aliphatic heterocycles. The van der Waals surface area contributed by atoms with Gasteiger partial charge in [-0.2, -0.15) is 0 Å². The Morgan fingerprint density at radius 2 is 2.07 bits per heavy atom. The molecule has 0 aliphatic carbocycles. The van der Waals surface area contributed by atoms with E-state index in [4.69, 9.17) is 0 Å². The molecule has 1 aromatic carbocycles. The third-order valence-corrected chi connectivity index (χ3v) is 5.21. The number of hydrogen-bond acceptors (Lipinski definition) is 3. The Morgan fingerprint density at radius 3 is 2.75 bits per heavy atom. The van der Waals surface area contributed by atoms with Crippen molar-refractivity contribution in [3.8, 4) is 0 Å². The number of carbonyl (C=O) groups excluding carboxylic acids is 1. The van der Waals surface area contributed by atoms with Crippen molar-refractivity contribution in [2.75, 3.05) is 18.4 Å². The summed E-state index contributed by atoms with van der Waals surface area (Å²) in [5.74, 6) is 0.317. The van der Waals surface area contributed by atoms with Crippen LogP contribution in [0.4, 0.5) is 10.1 Å². The van der Waals surface area contributed by atoms with Gasteiger partial charge < -0.3 is 15.2 Å². The molecular formula is C21H27ClFN3O2. The van der Waals surface area contributed by atoms with Crippen molar-refractivity contribution in [3.05, 3.63) is 64.3 Å². The summed E-state index contributed by atoms with van der Waals surface area (Å²) in [7, 11) is 0. The van der Waals surface area contributed by atoms with Gasteiger partial charge in [-0.05, 0) is 67.6 Å². The Balaban J connectivity index is 0.00000280. The number of anilines is 1. The van der Waals surface area contributed by atoms with Gasteiger partial charge in [-0.3, -0.25) is 9.59 Å². The van der Waals surface area contributed by atoms with Gasteiger partial charge in [-0.1, -0.05) is 19.1 Å². The standard InChI is InChI=1S/C21H26FN3O2.ClH/c1-15(17-4-2-10-23-13-17)12-20(26)24-19-5-3-11-25(21(19)27)14-16-6-8-18(22)9-7-16;/h3,5-9,11,15,17,23H,2,4,10,12-14H2,1H3,(H,24,26);1H. The predicted molar refractivity (Wildman–Crippen MR) is 111 cm³/mol. The largest absolute Gasteiger partial charge is 0.321 e. The van der Waals surface area contributed by atoms with E-state index < -0.39 is 0 Å². The second-order valence-corrected chi connectivity index (χ2v) is 7.32. The first-order valence-corrected chi connectivity index (χ1v) is 9.47.